The van der Waals surface area contributed by atoms with E-state index < -0.39 is 11.2 Å². The molecule has 0 radical (unpaired) electrons. The first-order chi connectivity index (χ1) is 6.42. The van der Waals surface area contributed by atoms with E-state index in [-0.39, 0.29) is 0 Å². The van der Waals surface area contributed by atoms with Gasteiger partial charge in [-0.05, 0) is 51.4 Å². The summed E-state index contributed by atoms with van der Waals surface area (Å²) < 4.78 is 0. The third kappa shape index (κ3) is 2.10. The second-order valence-electron chi connectivity index (χ2n) is 5.09. The maximum absolute atomic E-state index is 9.94. The summed E-state index contributed by atoms with van der Waals surface area (Å²) >= 11 is 0. The lowest BCUT2D eigenvalue weighted by Gasteiger charge is -2.18. The summed E-state index contributed by atoms with van der Waals surface area (Å²) in [6, 6.07) is 0. The smallest absolute Gasteiger partial charge is 0.125 e. The predicted molar refractivity (Wildman–Crippen MR) is 54.5 cm³/mol. The molecule has 0 amide bonds. The zero-order valence-electron chi connectivity index (χ0n) is 8.88. The van der Waals surface area contributed by atoms with Crippen LogP contribution in [0.3, 0.4) is 0 Å². The van der Waals surface area contributed by atoms with E-state index in [4.69, 9.17) is 0 Å². The molecule has 0 unspecified atom stereocenters. The molecule has 2 saturated carbocycles. The molecule has 78 valence electrons. The van der Waals surface area contributed by atoms with Crippen LogP contribution in [0.2, 0.25) is 0 Å². The Labute approximate surface area is 85.3 Å². The van der Waals surface area contributed by atoms with Gasteiger partial charge in [0.05, 0.1) is 0 Å². The highest BCUT2D eigenvalue weighted by Gasteiger charge is 2.41. The lowest BCUT2D eigenvalue weighted by Crippen LogP contribution is -2.29. The first kappa shape index (κ1) is 10.0. The largest absolute Gasteiger partial charge is 0.378 e. The van der Waals surface area contributed by atoms with E-state index in [9.17, 15) is 10.2 Å². The highest BCUT2D eigenvalue weighted by Crippen LogP contribution is 2.41. The van der Waals surface area contributed by atoms with E-state index in [1.54, 1.807) is 13.8 Å². The average molecular weight is 194 g/mol. The maximum Gasteiger partial charge on any atom is 0.125 e. The highest BCUT2D eigenvalue weighted by atomic mass is 16.3. The van der Waals surface area contributed by atoms with Crippen molar-refractivity contribution in [1.82, 2.24) is 0 Å². The van der Waals surface area contributed by atoms with Gasteiger partial charge in [-0.15, -0.1) is 0 Å². The van der Waals surface area contributed by atoms with Crippen LogP contribution < -0.4 is 0 Å². The summed E-state index contributed by atoms with van der Waals surface area (Å²) in [7, 11) is 0. The van der Waals surface area contributed by atoms with Crippen LogP contribution in [-0.4, -0.2) is 21.4 Å². The van der Waals surface area contributed by atoms with Gasteiger partial charge in [0.2, 0.25) is 0 Å². The van der Waals surface area contributed by atoms with E-state index in [1.165, 1.54) is 0 Å². The molecule has 2 N–H and O–H groups in total. The molecule has 0 saturated heterocycles. The Bertz CT molecular complexity index is 257. The summed E-state index contributed by atoms with van der Waals surface area (Å²) in [5, 5.41) is 19.9. The lowest BCUT2D eigenvalue weighted by atomic mass is 9.96. The van der Waals surface area contributed by atoms with Gasteiger partial charge in [0.25, 0.3) is 0 Å². The minimum absolute atomic E-state index is 0.324. The van der Waals surface area contributed by atoms with Crippen LogP contribution in [0, 0.1) is 23.7 Å². The van der Waals surface area contributed by atoms with Gasteiger partial charge in [0, 0.05) is 0 Å². The molecule has 0 aromatic carbocycles. The van der Waals surface area contributed by atoms with Gasteiger partial charge in [0.1, 0.15) is 11.2 Å². The number of hydrogen-bond acceptors (Lipinski definition) is 2. The predicted octanol–water partition coefficient (Wildman–Crippen LogP) is 1.31. The molecule has 0 heterocycles. The van der Waals surface area contributed by atoms with Gasteiger partial charge in [0.15, 0.2) is 0 Å². The molecule has 2 heteroatoms. The Morgan fingerprint density at radius 2 is 1.14 bits per heavy atom. The maximum atomic E-state index is 9.94. The third-order valence-electron chi connectivity index (χ3n) is 3.31. The van der Waals surface area contributed by atoms with E-state index >= 15 is 0 Å². The highest BCUT2D eigenvalue weighted by molar-refractivity contribution is 5.24. The lowest BCUT2D eigenvalue weighted by molar-refractivity contribution is 0.0861. The number of rotatable bonds is 2. The van der Waals surface area contributed by atoms with Crippen molar-refractivity contribution in [1.29, 1.82) is 0 Å². The second kappa shape index (κ2) is 2.98. The molecular weight excluding hydrogens is 176 g/mol. The van der Waals surface area contributed by atoms with Crippen molar-refractivity contribution in [2.45, 2.75) is 50.7 Å². The van der Waals surface area contributed by atoms with Gasteiger partial charge in [-0.25, -0.2) is 0 Å². The molecular formula is C12H18O2. The van der Waals surface area contributed by atoms with Gasteiger partial charge in [-0.3, -0.25) is 0 Å². The zero-order valence-corrected chi connectivity index (χ0v) is 8.88. The Hall–Kier alpha value is -0.520. The minimum atomic E-state index is -0.890. The van der Waals surface area contributed by atoms with E-state index in [2.05, 4.69) is 11.8 Å². The second-order valence-corrected chi connectivity index (χ2v) is 5.09. The molecule has 2 rings (SSSR count). The zero-order chi connectivity index (χ0) is 10.4. The Balaban J connectivity index is 2.03. The van der Waals surface area contributed by atoms with E-state index in [0.29, 0.717) is 11.8 Å². The van der Waals surface area contributed by atoms with Gasteiger partial charge < -0.3 is 10.2 Å². The monoisotopic (exact) mass is 194 g/mol. The summed E-state index contributed by atoms with van der Waals surface area (Å²) in [6.07, 6.45) is 4.25. The van der Waals surface area contributed by atoms with Crippen molar-refractivity contribution < 1.29 is 10.2 Å². The topological polar surface area (TPSA) is 40.5 Å². The van der Waals surface area contributed by atoms with Crippen LogP contribution >= 0.6 is 0 Å². The molecule has 2 fully saturated rings. The molecule has 2 atom stereocenters. The summed E-state index contributed by atoms with van der Waals surface area (Å²) in [5.41, 5.74) is -1.78. The molecule has 0 aromatic rings. The molecule has 0 spiro atoms. The van der Waals surface area contributed by atoms with Crippen molar-refractivity contribution >= 4 is 0 Å². The van der Waals surface area contributed by atoms with E-state index in [1.807, 2.05) is 0 Å². The van der Waals surface area contributed by atoms with Crippen LogP contribution in [0.1, 0.15) is 39.5 Å². The van der Waals surface area contributed by atoms with Crippen molar-refractivity contribution in [3.63, 3.8) is 0 Å². The fourth-order valence-corrected chi connectivity index (χ4v) is 1.75. The standard InChI is InChI=1S/C12H18O2/c1-11(13,9-3-4-9)7-8-12(2,14)10-5-6-10/h9-10,13-14H,3-6H2,1-2H3/t11-,12-/m1/s1. The molecule has 14 heavy (non-hydrogen) atoms. The van der Waals surface area contributed by atoms with E-state index in [0.717, 1.165) is 25.7 Å². The van der Waals surface area contributed by atoms with Crippen molar-refractivity contribution in [2.75, 3.05) is 0 Å². The number of hydrogen-bond donors (Lipinski definition) is 2. The minimum Gasteiger partial charge on any atom is -0.378 e. The Kier molecular flexibility index (Phi) is 2.13. The quantitative estimate of drug-likeness (QED) is 0.651. The Morgan fingerprint density at radius 3 is 1.36 bits per heavy atom. The van der Waals surface area contributed by atoms with Crippen LogP contribution in [-0.2, 0) is 0 Å². The Morgan fingerprint density at radius 1 is 0.857 bits per heavy atom. The third-order valence-corrected chi connectivity index (χ3v) is 3.31. The van der Waals surface area contributed by atoms with Crippen molar-refractivity contribution in [3.05, 3.63) is 0 Å². The number of aliphatic hydroxyl groups is 2. The van der Waals surface area contributed by atoms with Gasteiger partial charge in [-0.2, -0.15) is 0 Å². The molecule has 0 aliphatic heterocycles. The van der Waals surface area contributed by atoms with Crippen LogP contribution in [0.4, 0.5) is 0 Å². The molecule has 0 bridgehead atoms. The van der Waals surface area contributed by atoms with Crippen LogP contribution in [0.15, 0.2) is 0 Å². The van der Waals surface area contributed by atoms with Crippen LogP contribution in [0.5, 0.6) is 0 Å². The molecule has 0 aromatic heterocycles. The summed E-state index contributed by atoms with van der Waals surface area (Å²) in [4.78, 5) is 0. The molecule has 2 aliphatic carbocycles. The molecule has 2 nitrogen and oxygen atoms in total. The van der Waals surface area contributed by atoms with Gasteiger partial charge >= 0.3 is 0 Å². The van der Waals surface area contributed by atoms with Crippen LogP contribution in [0.25, 0.3) is 0 Å². The van der Waals surface area contributed by atoms with Gasteiger partial charge in [-0.1, -0.05) is 11.8 Å². The average Bonchev–Trinajstić information content (AvgIpc) is 2.85. The first-order valence-electron chi connectivity index (χ1n) is 5.41. The summed E-state index contributed by atoms with van der Waals surface area (Å²) in [6.45, 7) is 3.50. The summed E-state index contributed by atoms with van der Waals surface area (Å²) in [5.74, 6) is 6.32. The normalized spacial score (nSPS) is 29.7. The fraction of sp³-hybridized carbons (Fsp3) is 0.833. The first-order valence-corrected chi connectivity index (χ1v) is 5.41. The SMILES string of the molecule is C[C@@](O)(C#C[C@@](C)(O)C1CC1)C1CC1. The fourth-order valence-electron chi connectivity index (χ4n) is 1.75. The van der Waals surface area contributed by atoms with Crippen molar-refractivity contribution in [2.24, 2.45) is 11.8 Å². The van der Waals surface area contributed by atoms with Crippen molar-refractivity contribution in [3.8, 4) is 11.8 Å². The molecule has 2 aliphatic rings.